The topological polar surface area (TPSA) is 77.9 Å². The van der Waals surface area contributed by atoms with Crippen LogP contribution in [0.4, 0.5) is 0 Å². The molecule has 3 aromatic rings. The third kappa shape index (κ3) is 2.94. The Morgan fingerprint density at radius 3 is 2.20 bits per heavy atom. The van der Waals surface area contributed by atoms with Crippen LogP contribution in [0, 0.1) is 0 Å². The van der Waals surface area contributed by atoms with Crippen molar-refractivity contribution >= 4 is 16.9 Å². The largest absolute Gasteiger partial charge is 0.496 e. The third-order valence-corrected chi connectivity index (χ3v) is 3.93. The van der Waals surface area contributed by atoms with E-state index in [2.05, 4.69) is 4.98 Å². The van der Waals surface area contributed by atoms with E-state index in [0.29, 0.717) is 39.4 Å². The predicted octanol–water partition coefficient (Wildman–Crippen LogP) is 3.63. The van der Waals surface area contributed by atoms with Crippen molar-refractivity contribution in [3.8, 4) is 28.5 Å². The lowest BCUT2D eigenvalue weighted by atomic mass is 10.0. The van der Waals surface area contributed by atoms with Gasteiger partial charge in [-0.3, -0.25) is 0 Å². The quantitative estimate of drug-likeness (QED) is 0.765. The molecule has 1 aromatic heterocycles. The van der Waals surface area contributed by atoms with Crippen LogP contribution in [0.3, 0.4) is 0 Å². The first-order valence-corrected chi connectivity index (χ1v) is 7.52. The lowest BCUT2D eigenvalue weighted by molar-refractivity contribution is 0.0699. The van der Waals surface area contributed by atoms with E-state index in [9.17, 15) is 9.90 Å². The number of carbonyl (C=O) groups is 1. The van der Waals surface area contributed by atoms with Crippen molar-refractivity contribution in [1.82, 2.24) is 4.98 Å². The molecule has 0 aliphatic heterocycles. The van der Waals surface area contributed by atoms with Crippen molar-refractivity contribution in [2.75, 3.05) is 21.3 Å². The Hall–Kier alpha value is -3.28. The molecule has 128 valence electrons. The van der Waals surface area contributed by atoms with Crippen molar-refractivity contribution in [1.29, 1.82) is 0 Å². The van der Waals surface area contributed by atoms with E-state index in [0.717, 1.165) is 0 Å². The standard InChI is InChI=1S/C19H17NO5/c1-23-16-7-5-4-6-11(16)14-8-13(19(21)22)12-9-17(24-2)18(25-3)10-15(12)20-14/h4-10H,1-3H3,(H,21,22). The first-order chi connectivity index (χ1) is 12.1. The van der Waals surface area contributed by atoms with Crippen LogP contribution in [0.25, 0.3) is 22.2 Å². The average molecular weight is 339 g/mol. The van der Waals surface area contributed by atoms with Gasteiger partial charge >= 0.3 is 5.97 Å². The van der Waals surface area contributed by atoms with E-state index < -0.39 is 5.97 Å². The Labute approximate surface area is 144 Å². The second kappa shape index (κ2) is 6.68. The molecule has 0 spiro atoms. The van der Waals surface area contributed by atoms with Crippen LogP contribution >= 0.6 is 0 Å². The smallest absolute Gasteiger partial charge is 0.336 e. The van der Waals surface area contributed by atoms with Gasteiger partial charge in [0.1, 0.15) is 5.75 Å². The van der Waals surface area contributed by atoms with Crippen molar-refractivity contribution < 1.29 is 24.1 Å². The van der Waals surface area contributed by atoms with Crippen LogP contribution < -0.4 is 14.2 Å². The number of rotatable bonds is 5. The Morgan fingerprint density at radius 2 is 1.56 bits per heavy atom. The van der Waals surface area contributed by atoms with Crippen molar-refractivity contribution in [3.63, 3.8) is 0 Å². The van der Waals surface area contributed by atoms with Crippen molar-refractivity contribution in [2.45, 2.75) is 0 Å². The number of hydrogen-bond acceptors (Lipinski definition) is 5. The number of aromatic nitrogens is 1. The number of fused-ring (bicyclic) bond motifs is 1. The Morgan fingerprint density at radius 1 is 0.920 bits per heavy atom. The molecule has 3 rings (SSSR count). The van der Waals surface area contributed by atoms with Crippen LogP contribution in [0.5, 0.6) is 17.2 Å². The molecule has 0 unspecified atom stereocenters. The molecular weight excluding hydrogens is 322 g/mol. The zero-order chi connectivity index (χ0) is 18.0. The number of nitrogens with zero attached hydrogens (tertiary/aromatic N) is 1. The van der Waals surface area contributed by atoms with Gasteiger partial charge in [-0.05, 0) is 24.3 Å². The van der Waals surface area contributed by atoms with E-state index in [1.165, 1.54) is 20.3 Å². The maximum Gasteiger partial charge on any atom is 0.336 e. The Kier molecular flexibility index (Phi) is 4.43. The van der Waals surface area contributed by atoms with Gasteiger partial charge in [-0.15, -0.1) is 0 Å². The molecule has 0 saturated carbocycles. The number of aromatic carboxylic acids is 1. The fourth-order valence-corrected chi connectivity index (χ4v) is 2.72. The van der Waals surface area contributed by atoms with E-state index in [-0.39, 0.29) is 5.56 Å². The summed E-state index contributed by atoms with van der Waals surface area (Å²) >= 11 is 0. The number of methoxy groups -OCH3 is 3. The summed E-state index contributed by atoms with van der Waals surface area (Å²) in [6, 6.07) is 12.1. The minimum Gasteiger partial charge on any atom is -0.496 e. The van der Waals surface area contributed by atoms with Crippen LogP contribution in [-0.4, -0.2) is 37.4 Å². The van der Waals surface area contributed by atoms with Gasteiger partial charge < -0.3 is 19.3 Å². The molecule has 2 aromatic carbocycles. The van der Waals surface area contributed by atoms with Gasteiger partial charge in [-0.2, -0.15) is 0 Å². The fraction of sp³-hybridized carbons (Fsp3) is 0.158. The van der Waals surface area contributed by atoms with Crippen LogP contribution in [-0.2, 0) is 0 Å². The molecule has 1 N–H and O–H groups in total. The molecule has 0 aliphatic carbocycles. The van der Waals surface area contributed by atoms with Gasteiger partial charge in [0.05, 0.1) is 38.1 Å². The summed E-state index contributed by atoms with van der Waals surface area (Å²) in [5.74, 6) is 0.502. The molecule has 0 amide bonds. The second-order valence-corrected chi connectivity index (χ2v) is 5.28. The number of para-hydroxylation sites is 1. The molecule has 6 nitrogen and oxygen atoms in total. The summed E-state index contributed by atoms with van der Waals surface area (Å²) in [5.41, 5.74) is 1.85. The average Bonchev–Trinajstić information content (AvgIpc) is 2.65. The number of carboxylic acids is 1. The molecule has 0 bridgehead atoms. The fourth-order valence-electron chi connectivity index (χ4n) is 2.72. The molecule has 25 heavy (non-hydrogen) atoms. The van der Waals surface area contributed by atoms with Gasteiger partial charge in [0.15, 0.2) is 11.5 Å². The first-order valence-electron chi connectivity index (χ1n) is 7.52. The summed E-state index contributed by atoms with van der Waals surface area (Å²) in [5, 5.41) is 10.1. The van der Waals surface area contributed by atoms with Crippen LogP contribution in [0.1, 0.15) is 10.4 Å². The summed E-state index contributed by atoms with van der Waals surface area (Å²) in [6.07, 6.45) is 0. The monoisotopic (exact) mass is 339 g/mol. The SMILES string of the molecule is COc1cc2nc(-c3ccccc3OC)cc(C(=O)O)c2cc1OC. The minimum atomic E-state index is -1.05. The summed E-state index contributed by atoms with van der Waals surface area (Å²) in [4.78, 5) is 16.4. The van der Waals surface area contributed by atoms with Crippen LogP contribution in [0.2, 0.25) is 0 Å². The van der Waals surface area contributed by atoms with Crippen molar-refractivity contribution in [3.05, 3.63) is 48.0 Å². The molecule has 0 aliphatic rings. The van der Waals surface area contributed by atoms with E-state index in [1.54, 1.807) is 25.3 Å². The zero-order valence-electron chi connectivity index (χ0n) is 14.1. The molecular formula is C19H17NO5. The van der Waals surface area contributed by atoms with Gasteiger partial charge in [0, 0.05) is 17.0 Å². The highest BCUT2D eigenvalue weighted by Crippen LogP contribution is 2.36. The normalized spacial score (nSPS) is 10.5. The first kappa shape index (κ1) is 16.6. The van der Waals surface area contributed by atoms with Crippen molar-refractivity contribution in [2.24, 2.45) is 0 Å². The lowest BCUT2D eigenvalue weighted by Gasteiger charge is -2.13. The predicted molar refractivity (Wildman–Crippen MR) is 93.8 cm³/mol. The summed E-state index contributed by atoms with van der Waals surface area (Å²) in [6.45, 7) is 0. The molecule has 6 heteroatoms. The van der Waals surface area contributed by atoms with Gasteiger partial charge in [-0.1, -0.05) is 12.1 Å². The number of benzene rings is 2. The molecule has 1 heterocycles. The number of ether oxygens (including phenoxy) is 3. The summed E-state index contributed by atoms with van der Waals surface area (Å²) < 4.78 is 15.9. The van der Waals surface area contributed by atoms with E-state index in [4.69, 9.17) is 14.2 Å². The highest BCUT2D eigenvalue weighted by atomic mass is 16.5. The zero-order valence-corrected chi connectivity index (χ0v) is 14.1. The van der Waals surface area contributed by atoms with Gasteiger partial charge in [0.2, 0.25) is 0 Å². The number of pyridine rings is 1. The molecule has 0 radical (unpaired) electrons. The minimum absolute atomic E-state index is 0.131. The lowest BCUT2D eigenvalue weighted by Crippen LogP contribution is -2.02. The maximum atomic E-state index is 11.8. The van der Waals surface area contributed by atoms with Crippen LogP contribution in [0.15, 0.2) is 42.5 Å². The Balaban J connectivity index is 2.34. The summed E-state index contributed by atoms with van der Waals surface area (Å²) in [7, 11) is 4.58. The van der Waals surface area contributed by atoms with Gasteiger partial charge in [0.25, 0.3) is 0 Å². The Bertz CT molecular complexity index is 952. The molecule has 0 saturated heterocycles. The number of hydrogen-bond donors (Lipinski definition) is 1. The highest BCUT2D eigenvalue weighted by Gasteiger charge is 2.17. The maximum absolute atomic E-state index is 11.8. The van der Waals surface area contributed by atoms with Gasteiger partial charge in [-0.25, -0.2) is 9.78 Å². The highest BCUT2D eigenvalue weighted by molar-refractivity contribution is 6.04. The van der Waals surface area contributed by atoms with E-state index in [1.807, 2.05) is 18.2 Å². The second-order valence-electron chi connectivity index (χ2n) is 5.28. The van der Waals surface area contributed by atoms with E-state index >= 15 is 0 Å². The molecule has 0 fully saturated rings. The third-order valence-electron chi connectivity index (χ3n) is 3.93. The molecule has 0 atom stereocenters. The number of carboxylic acid groups (broad SMARTS) is 1.